The van der Waals surface area contributed by atoms with E-state index in [0.29, 0.717) is 15.2 Å². The van der Waals surface area contributed by atoms with E-state index in [2.05, 4.69) is 26.2 Å². The molecule has 0 aliphatic rings. The predicted octanol–water partition coefficient (Wildman–Crippen LogP) is 5.06. The number of nitrogens with one attached hydrogen (secondary N) is 1. The molecule has 1 aromatic heterocycles. The Bertz CT molecular complexity index is 649. The van der Waals surface area contributed by atoms with Crippen LogP contribution < -0.4 is 5.32 Å². The van der Waals surface area contributed by atoms with Crippen molar-refractivity contribution in [2.75, 3.05) is 5.32 Å². The molecule has 98 valence electrons. The maximum absolute atomic E-state index is 12.1. The van der Waals surface area contributed by atoms with Gasteiger partial charge in [0.25, 0.3) is 5.91 Å². The van der Waals surface area contributed by atoms with Gasteiger partial charge in [-0.2, -0.15) is 0 Å². The highest BCUT2D eigenvalue weighted by Crippen LogP contribution is 2.30. The fraction of sp³-hybridized carbons (Fsp3) is 0. The average Bonchev–Trinajstić information content (AvgIpc) is 2.38. The normalized spacial score (nSPS) is 10.3. The first-order chi connectivity index (χ1) is 8.99. The number of amides is 1. The maximum Gasteiger partial charge on any atom is 0.258 e. The van der Waals surface area contributed by atoms with E-state index in [1.54, 1.807) is 24.3 Å². The van der Waals surface area contributed by atoms with Crippen molar-refractivity contribution in [3.05, 3.63) is 55.7 Å². The summed E-state index contributed by atoms with van der Waals surface area (Å²) in [4.78, 5) is 16.0. The second-order valence-corrected chi connectivity index (χ2v) is 5.61. The van der Waals surface area contributed by atoms with Crippen LogP contribution in [0.15, 0.2) is 34.9 Å². The molecule has 0 spiro atoms. The van der Waals surface area contributed by atoms with Gasteiger partial charge in [0.1, 0.15) is 5.15 Å². The first-order valence-corrected chi connectivity index (χ1v) is 6.98. The van der Waals surface area contributed by atoms with Crippen LogP contribution in [0, 0.1) is 0 Å². The van der Waals surface area contributed by atoms with E-state index in [1.165, 1.54) is 6.20 Å². The number of nitrogens with zero attached hydrogens (tertiary/aromatic N) is 1. The summed E-state index contributed by atoms with van der Waals surface area (Å²) in [6, 6.07) is 6.53. The summed E-state index contributed by atoms with van der Waals surface area (Å²) >= 11 is 21.0. The Morgan fingerprint density at radius 1 is 1.26 bits per heavy atom. The Labute approximate surface area is 133 Å². The molecule has 0 unspecified atom stereocenters. The fourth-order valence-electron chi connectivity index (χ4n) is 1.37. The summed E-state index contributed by atoms with van der Waals surface area (Å²) in [6.07, 6.45) is 1.51. The average molecular weight is 380 g/mol. The van der Waals surface area contributed by atoms with Gasteiger partial charge in [-0.1, -0.05) is 40.9 Å². The Morgan fingerprint density at radius 2 is 2.00 bits per heavy atom. The van der Waals surface area contributed by atoms with Gasteiger partial charge in [0.2, 0.25) is 0 Å². The van der Waals surface area contributed by atoms with E-state index in [-0.39, 0.29) is 15.7 Å². The number of hydrogen-bond acceptors (Lipinski definition) is 2. The molecule has 2 rings (SSSR count). The summed E-state index contributed by atoms with van der Waals surface area (Å²) in [7, 11) is 0. The minimum atomic E-state index is -0.414. The third kappa shape index (κ3) is 3.39. The molecular weight excluding hydrogens is 374 g/mol. The van der Waals surface area contributed by atoms with Gasteiger partial charge in [-0.05, 0) is 34.1 Å². The molecule has 1 heterocycles. The first kappa shape index (κ1) is 14.6. The van der Waals surface area contributed by atoms with Crippen LogP contribution in [0.2, 0.25) is 15.2 Å². The molecule has 0 aliphatic carbocycles. The lowest BCUT2D eigenvalue weighted by Gasteiger charge is -2.09. The fourth-order valence-corrected chi connectivity index (χ4v) is 2.24. The molecule has 2 aromatic rings. The highest BCUT2D eigenvalue weighted by molar-refractivity contribution is 9.10. The van der Waals surface area contributed by atoms with Crippen molar-refractivity contribution in [3.63, 3.8) is 0 Å². The topological polar surface area (TPSA) is 42.0 Å². The largest absolute Gasteiger partial charge is 0.320 e. The zero-order valence-corrected chi connectivity index (χ0v) is 13.1. The number of carbonyl (C=O) groups excluding carboxylic acids is 1. The molecule has 0 saturated carbocycles. The number of aromatic nitrogens is 1. The number of pyridine rings is 1. The van der Waals surface area contributed by atoms with E-state index in [0.717, 1.165) is 0 Å². The monoisotopic (exact) mass is 378 g/mol. The van der Waals surface area contributed by atoms with Gasteiger partial charge in [0, 0.05) is 10.7 Å². The summed E-state index contributed by atoms with van der Waals surface area (Å²) in [5.41, 5.74) is 0.655. The molecule has 7 heteroatoms. The van der Waals surface area contributed by atoms with Gasteiger partial charge >= 0.3 is 0 Å². The van der Waals surface area contributed by atoms with Gasteiger partial charge < -0.3 is 5.32 Å². The molecular formula is C12H6BrCl3N2O. The third-order valence-electron chi connectivity index (χ3n) is 2.25. The van der Waals surface area contributed by atoms with Crippen LogP contribution in [-0.4, -0.2) is 10.9 Å². The van der Waals surface area contributed by atoms with E-state index in [4.69, 9.17) is 34.8 Å². The Balaban J connectivity index is 2.31. The molecule has 0 aliphatic heterocycles. The first-order valence-electron chi connectivity index (χ1n) is 5.05. The zero-order chi connectivity index (χ0) is 14.0. The minimum Gasteiger partial charge on any atom is -0.320 e. The van der Waals surface area contributed by atoms with Crippen LogP contribution in [0.1, 0.15) is 10.4 Å². The smallest absolute Gasteiger partial charge is 0.258 e. The van der Waals surface area contributed by atoms with Gasteiger partial charge in [0.05, 0.1) is 21.3 Å². The lowest BCUT2D eigenvalue weighted by Crippen LogP contribution is -2.13. The van der Waals surface area contributed by atoms with Crippen molar-refractivity contribution in [1.29, 1.82) is 0 Å². The molecule has 0 fully saturated rings. The predicted molar refractivity (Wildman–Crippen MR) is 81.4 cm³/mol. The molecule has 0 atom stereocenters. The van der Waals surface area contributed by atoms with Gasteiger partial charge in [-0.25, -0.2) is 4.98 Å². The number of hydrogen-bond donors (Lipinski definition) is 1. The van der Waals surface area contributed by atoms with Crippen molar-refractivity contribution in [2.24, 2.45) is 0 Å². The van der Waals surface area contributed by atoms with Crippen molar-refractivity contribution in [3.8, 4) is 0 Å². The molecule has 1 aromatic carbocycles. The van der Waals surface area contributed by atoms with Crippen LogP contribution in [0.3, 0.4) is 0 Å². The number of benzene rings is 1. The molecule has 1 N–H and O–H groups in total. The van der Waals surface area contributed by atoms with Gasteiger partial charge in [-0.15, -0.1) is 0 Å². The maximum atomic E-state index is 12.1. The zero-order valence-electron chi connectivity index (χ0n) is 9.25. The van der Waals surface area contributed by atoms with Crippen molar-refractivity contribution in [2.45, 2.75) is 0 Å². The lowest BCUT2D eigenvalue weighted by molar-refractivity contribution is 0.102. The standard InChI is InChI=1S/C12H6BrCl3N2O/c13-6-4-7(11(16)17-5-6)12(19)18-9-3-1-2-8(14)10(9)15/h1-5H,(H,18,19). The van der Waals surface area contributed by atoms with Crippen molar-refractivity contribution < 1.29 is 4.79 Å². The summed E-state index contributed by atoms with van der Waals surface area (Å²) in [6.45, 7) is 0. The summed E-state index contributed by atoms with van der Waals surface area (Å²) in [5.74, 6) is -0.414. The molecule has 19 heavy (non-hydrogen) atoms. The van der Waals surface area contributed by atoms with E-state index in [9.17, 15) is 4.79 Å². The molecule has 0 saturated heterocycles. The molecule has 0 bridgehead atoms. The van der Waals surface area contributed by atoms with Gasteiger partial charge in [0.15, 0.2) is 0 Å². The lowest BCUT2D eigenvalue weighted by atomic mass is 10.2. The Hall–Kier alpha value is -0.810. The molecule has 0 radical (unpaired) electrons. The summed E-state index contributed by atoms with van der Waals surface area (Å²) in [5, 5.41) is 3.38. The highest BCUT2D eigenvalue weighted by Gasteiger charge is 2.14. The Kier molecular flexibility index (Phi) is 4.68. The van der Waals surface area contributed by atoms with Gasteiger partial charge in [-0.3, -0.25) is 4.79 Å². The van der Waals surface area contributed by atoms with Crippen molar-refractivity contribution >= 4 is 62.3 Å². The third-order valence-corrected chi connectivity index (χ3v) is 3.80. The second kappa shape index (κ2) is 6.09. The van der Waals surface area contributed by atoms with Crippen LogP contribution in [0.25, 0.3) is 0 Å². The molecule has 1 amide bonds. The quantitative estimate of drug-likeness (QED) is 0.740. The van der Waals surface area contributed by atoms with E-state index >= 15 is 0 Å². The van der Waals surface area contributed by atoms with Crippen LogP contribution in [0.5, 0.6) is 0 Å². The number of halogens is 4. The van der Waals surface area contributed by atoms with Crippen molar-refractivity contribution in [1.82, 2.24) is 4.98 Å². The van der Waals surface area contributed by atoms with E-state index in [1.807, 2.05) is 0 Å². The number of carbonyl (C=O) groups is 1. The second-order valence-electron chi connectivity index (χ2n) is 3.55. The summed E-state index contributed by atoms with van der Waals surface area (Å²) < 4.78 is 0.652. The number of anilines is 1. The Morgan fingerprint density at radius 3 is 2.74 bits per heavy atom. The minimum absolute atomic E-state index is 0.110. The van der Waals surface area contributed by atoms with Crippen LogP contribution in [0.4, 0.5) is 5.69 Å². The SMILES string of the molecule is O=C(Nc1cccc(Cl)c1Cl)c1cc(Br)cnc1Cl. The van der Waals surface area contributed by atoms with Crippen LogP contribution in [-0.2, 0) is 0 Å². The highest BCUT2D eigenvalue weighted by atomic mass is 79.9. The molecule has 3 nitrogen and oxygen atoms in total. The van der Waals surface area contributed by atoms with E-state index < -0.39 is 5.91 Å². The van der Waals surface area contributed by atoms with Crippen LogP contribution >= 0.6 is 50.7 Å². The number of rotatable bonds is 2.